The molecule has 0 spiro atoms. The van der Waals surface area contributed by atoms with Crippen molar-refractivity contribution in [2.45, 2.75) is 64.1 Å². The highest BCUT2D eigenvalue weighted by Crippen LogP contribution is 2.43. The second kappa shape index (κ2) is 8.30. The summed E-state index contributed by atoms with van der Waals surface area (Å²) >= 11 is 0. The molecule has 0 saturated carbocycles. The van der Waals surface area contributed by atoms with E-state index in [1.54, 1.807) is 19.1 Å². The molecule has 1 aliphatic heterocycles. The number of phenolic OH excluding ortho intramolecular Hbond substituents is 1. The zero-order chi connectivity index (χ0) is 24.3. The number of aliphatic hydroxyl groups is 1. The molecule has 0 aromatic heterocycles. The molecule has 4 N–H and O–H groups in total. The Morgan fingerprint density at radius 1 is 1.09 bits per heavy atom. The maximum absolute atomic E-state index is 13.6. The van der Waals surface area contributed by atoms with Gasteiger partial charge >= 0.3 is 0 Å². The summed E-state index contributed by atoms with van der Waals surface area (Å²) in [4.78, 5) is 40.2. The highest BCUT2D eigenvalue weighted by molar-refractivity contribution is 6.32. The Bertz CT molecular complexity index is 1210. The number of carbonyl (C=O) groups is 3. The van der Waals surface area contributed by atoms with Crippen molar-refractivity contribution in [1.82, 2.24) is 0 Å². The van der Waals surface area contributed by atoms with E-state index < -0.39 is 36.1 Å². The largest absolute Gasteiger partial charge is 0.507 e. The van der Waals surface area contributed by atoms with E-state index in [1.165, 1.54) is 12.1 Å². The van der Waals surface area contributed by atoms with E-state index in [4.69, 9.17) is 15.2 Å². The Hall–Kier alpha value is -3.07. The number of fused-ring (bicyclic) bond motifs is 4. The number of nitrogens with two attached hydrogens (primary N) is 1. The normalized spacial score (nSPS) is 28.2. The van der Waals surface area contributed by atoms with Crippen LogP contribution in [0.15, 0.2) is 24.3 Å². The Balaban J connectivity index is 1.58. The lowest BCUT2D eigenvalue weighted by atomic mass is 9.73. The molecule has 178 valence electrons. The van der Waals surface area contributed by atoms with E-state index in [0.717, 1.165) is 6.42 Å². The van der Waals surface area contributed by atoms with Crippen molar-refractivity contribution in [3.63, 3.8) is 0 Å². The minimum Gasteiger partial charge on any atom is -0.507 e. The summed E-state index contributed by atoms with van der Waals surface area (Å²) in [6.45, 7) is 3.67. The Morgan fingerprint density at radius 2 is 1.85 bits per heavy atom. The minimum absolute atomic E-state index is 0.0147. The topological polar surface area (TPSA) is 136 Å². The fourth-order valence-electron chi connectivity index (χ4n) is 5.31. The van der Waals surface area contributed by atoms with Crippen LogP contribution >= 0.6 is 0 Å². The van der Waals surface area contributed by atoms with Gasteiger partial charge in [0.1, 0.15) is 11.5 Å². The highest BCUT2D eigenvalue weighted by atomic mass is 16.7. The van der Waals surface area contributed by atoms with Crippen LogP contribution in [0.25, 0.3) is 0 Å². The smallest absolute Gasteiger partial charge is 0.202 e. The van der Waals surface area contributed by atoms with Crippen molar-refractivity contribution in [2.75, 3.05) is 0 Å². The Morgan fingerprint density at radius 3 is 2.56 bits per heavy atom. The molecule has 5 atom stereocenters. The summed E-state index contributed by atoms with van der Waals surface area (Å²) in [6, 6.07) is 5.53. The van der Waals surface area contributed by atoms with Gasteiger partial charge in [-0.25, -0.2) is 0 Å². The van der Waals surface area contributed by atoms with Crippen LogP contribution in [0.1, 0.15) is 80.9 Å². The number of aromatic hydroxyl groups is 1. The standard InChI is InChI=1S/C26H27NO7/c1-3-12-7-13-9-17(29)22-23(20(13)16(28)8-12)25(31)14-5-4-6-18(21(14)26(22)32)34-19-10-15(27)24(30)11(2)33-19/h4-6,9,11-12,15,19,24,29-30H,3,7-8,10,27H2,1-2H3/t11-,12+,15+,19+,24+/m1/s1. The molecule has 8 heteroatoms. The van der Waals surface area contributed by atoms with Gasteiger partial charge in [0.25, 0.3) is 0 Å². The molecule has 5 rings (SSSR count). The van der Waals surface area contributed by atoms with Crippen LogP contribution in [0.3, 0.4) is 0 Å². The van der Waals surface area contributed by atoms with Crippen LogP contribution in [0, 0.1) is 5.92 Å². The van der Waals surface area contributed by atoms with E-state index in [9.17, 15) is 24.6 Å². The molecule has 1 heterocycles. The van der Waals surface area contributed by atoms with Crippen molar-refractivity contribution in [3.05, 3.63) is 57.6 Å². The summed E-state index contributed by atoms with van der Waals surface area (Å²) in [5, 5.41) is 20.8. The summed E-state index contributed by atoms with van der Waals surface area (Å²) in [7, 11) is 0. The quantitative estimate of drug-likeness (QED) is 0.537. The molecule has 0 radical (unpaired) electrons. The maximum Gasteiger partial charge on any atom is 0.202 e. The highest BCUT2D eigenvalue weighted by Gasteiger charge is 2.41. The van der Waals surface area contributed by atoms with Crippen LogP contribution in [-0.2, 0) is 11.2 Å². The van der Waals surface area contributed by atoms with Gasteiger partial charge in [0.2, 0.25) is 12.1 Å². The van der Waals surface area contributed by atoms with Gasteiger partial charge < -0.3 is 25.4 Å². The van der Waals surface area contributed by atoms with Gasteiger partial charge in [-0.3, -0.25) is 14.4 Å². The fourth-order valence-corrected chi connectivity index (χ4v) is 5.31. The zero-order valence-electron chi connectivity index (χ0n) is 19.0. The van der Waals surface area contributed by atoms with Crippen molar-refractivity contribution < 1.29 is 34.1 Å². The number of ether oxygens (including phenoxy) is 2. The van der Waals surface area contributed by atoms with Gasteiger partial charge in [0, 0.05) is 35.6 Å². The maximum atomic E-state index is 13.6. The van der Waals surface area contributed by atoms with Gasteiger partial charge in [-0.1, -0.05) is 25.5 Å². The van der Waals surface area contributed by atoms with Crippen molar-refractivity contribution in [2.24, 2.45) is 11.7 Å². The second-order valence-corrected chi connectivity index (χ2v) is 9.40. The molecular formula is C26H27NO7. The van der Waals surface area contributed by atoms with Gasteiger partial charge in [-0.15, -0.1) is 0 Å². The van der Waals surface area contributed by atoms with E-state index in [0.29, 0.717) is 18.4 Å². The molecule has 2 aromatic carbocycles. The lowest BCUT2D eigenvalue weighted by Gasteiger charge is -2.36. The molecule has 1 saturated heterocycles. The number of phenols is 1. The van der Waals surface area contributed by atoms with Gasteiger partial charge in [-0.2, -0.15) is 0 Å². The Kier molecular flexibility index (Phi) is 5.55. The SMILES string of the molecule is CC[C@@H]1CC(=O)c2c(cc(O)c3c2C(=O)c2cccc(O[C@H]4C[C@H](N)[C@@H](O)[C@@H](C)O4)c2C3=O)C1. The average Bonchev–Trinajstić information content (AvgIpc) is 2.79. The molecule has 0 amide bonds. The molecule has 3 aliphatic rings. The molecule has 0 unspecified atom stereocenters. The number of benzene rings is 2. The average molecular weight is 466 g/mol. The first kappa shape index (κ1) is 22.7. The zero-order valence-corrected chi connectivity index (χ0v) is 19.0. The first-order valence-electron chi connectivity index (χ1n) is 11.6. The van der Waals surface area contributed by atoms with Crippen LogP contribution < -0.4 is 10.5 Å². The van der Waals surface area contributed by atoms with Crippen molar-refractivity contribution in [3.8, 4) is 11.5 Å². The first-order chi connectivity index (χ1) is 16.2. The third kappa shape index (κ3) is 3.45. The molecule has 1 fully saturated rings. The van der Waals surface area contributed by atoms with E-state index in [1.807, 2.05) is 6.92 Å². The predicted molar refractivity (Wildman–Crippen MR) is 121 cm³/mol. The van der Waals surface area contributed by atoms with Gasteiger partial charge in [-0.05, 0) is 37.0 Å². The van der Waals surface area contributed by atoms with Gasteiger partial charge in [0.15, 0.2) is 11.6 Å². The lowest BCUT2D eigenvalue weighted by molar-refractivity contribution is -0.186. The number of Topliss-reactive ketones (excluding diaryl/α,β-unsaturated/α-hetero) is 1. The van der Waals surface area contributed by atoms with E-state index in [-0.39, 0.29) is 57.4 Å². The summed E-state index contributed by atoms with van der Waals surface area (Å²) in [5.41, 5.74) is 6.78. The third-order valence-corrected chi connectivity index (χ3v) is 7.19. The van der Waals surface area contributed by atoms with E-state index in [2.05, 4.69) is 0 Å². The number of ketones is 3. The summed E-state index contributed by atoms with van der Waals surface area (Å²) in [6.07, 6.45) is -0.357. The molecular weight excluding hydrogens is 438 g/mol. The third-order valence-electron chi connectivity index (χ3n) is 7.19. The van der Waals surface area contributed by atoms with Crippen LogP contribution in [-0.4, -0.2) is 52.1 Å². The molecule has 8 nitrogen and oxygen atoms in total. The first-order valence-corrected chi connectivity index (χ1v) is 11.6. The minimum atomic E-state index is -0.840. The molecule has 34 heavy (non-hydrogen) atoms. The fraction of sp³-hybridized carbons (Fsp3) is 0.423. The Labute approximate surface area is 196 Å². The monoisotopic (exact) mass is 465 g/mol. The van der Waals surface area contributed by atoms with Gasteiger partial charge in [0.05, 0.1) is 23.3 Å². The number of rotatable bonds is 3. The number of carbonyl (C=O) groups excluding carboxylic acids is 3. The van der Waals surface area contributed by atoms with Crippen LogP contribution in [0.2, 0.25) is 0 Å². The summed E-state index contributed by atoms with van der Waals surface area (Å²) < 4.78 is 11.6. The summed E-state index contributed by atoms with van der Waals surface area (Å²) in [5.74, 6) is -1.31. The predicted octanol–water partition coefficient (Wildman–Crippen LogP) is 2.52. The molecule has 0 bridgehead atoms. The lowest BCUT2D eigenvalue weighted by Crippen LogP contribution is -2.52. The van der Waals surface area contributed by atoms with Crippen LogP contribution in [0.5, 0.6) is 11.5 Å². The van der Waals surface area contributed by atoms with Crippen LogP contribution in [0.4, 0.5) is 0 Å². The number of aliphatic hydroxyl groups excluding tert-OH is 1. The number of hydrogen-bond acceptors (Lipinski definition) is 8. The van der Waals surface area contributed by atoms with Crippen molar-refractivity contribution in [1.29, 1.82) is 0 Å². The van der Waals surface area contributed by atoms with E-state index >= 15 is 0 Å². The molecule has 2 aromatic rings. The van der Waals surface area contributed by atoms with Crippen molar-refractivity contribution >= 4 is 17.3 Å². The second-order valence-electron chi connectivity index (χ2n) is 9.40. The molecule has 2 aliphatic carbocycles. The number of hydrogen-bond donors (Lipinski definition) is 3.